The van der Waals surface area contributed by atoms with Crippen LogP contribution in [0.15, 0.2) is 23.1 Å². The largest absolute Gasteiger partial charge is 0.349 e. The average molecular weight is 342 g/mol. The number of hydrogen-bond acceptors (Lipinski definition) is 3. The summed E-state index contributed by atoms with van der Waals surface area (Å²) in [5.41, 5.74) is 0. The Hall–Kier alpha value is -1.63. The fourth-order valence-corrected chi connectivity index (χ4v) is 3.39. The van der Waals surface area contributed by atoms with E-state index in [1.165, 1.54) is 12.1 Å². The summed E-state index contributed by atoms with van der Waals surface area (Å²) in [6, 6.07) is 3.32. The Morgan fingerprint density at radius 2 is 1.91 bits per heavy atom. The molecule has 0 N–H and O–H groups in total. The summed E-state index contributed by atoms with van der Waals surface area (Å²) in [4.78, 5) is 27.6. The molecular formula is C16H20F2N2O2S. The van der Waals surface area contributed by atoms with Crippen molar-refractivity contribution in [2.75, 3.05) is 32.9 Å². The molecule has 0 spiro atoms. The number of benzene rings is 1. The van der Waals surface area contributed by atoms with Crippen molar-refractivity contribution in [1.29, 1.82) is 0 Å². The van der Waals surface area contributed by atoms with E-state index < -0.39 is 11.6 Å². The molecule has 0 aromatic heterocycles. The van der Waals surface area contributed by atoms with Gasteiger partial charge in [0.25, 0.3) is 0 Å². The lowest BCUT2D eigenvalue weighted by Gasteiger charge is -2.32. The fraction of sp³-hybridized carbons (Fsp3) is 0.500. The van der Waals surface area contributed by atoms with E-state index in [9.17, 15) is 18.4 Å². The first-order valence-electron chi connectivity index (χ1n) is 7.45. The molecule has 1 aliphatic rings. The van der Waals surface area contributed by atoms with E-state index >= 15 is 0 Å². The van der Waals surface area contributed by atoms with Crippen LogP contribution in [0.3, 0.4) is 0 Å². The topological polar surface area (TPSA) is 40.6 Å². The van der Waals surface area contributed by atoms with E-state index in [1.807, 2.05) is 0 Å². The van der Waals surface area contributed by atoms with Gasteiger partial charge in [-0.05, 0) is 25.0 Å². The minimum Gasteiger partial charge on any atom is -0.349 e. The van der Waals surface area contributed by atoms with Crippen LogP contribution in [0.5, 0.6) is 0 Å². The number of nitrogens with zero attached hydrogens (tertiary/aromatic N) is 2. The number of amides is 2. The average Bonchev–Trinajstić information content (AvgIpc) is 2.53. The second-order valence-corrected chi connectivity index (χ2v) is 6.77. The minimum atomic E-state index is -0.655. The summed E-state index contributed by atoms with van der Waals surface area (Å²) in [6.07, 6.45) is 1.30. The van der Waals surface area contributed by atoms with E-state index in [0.29, 0.717) is 25.9 Å². The summed E-state index contributed by atoms with van der Waals surface area (Å²) in [5, 5.41) is 0. The molecule has 126 valence electrons. The van der Waals surface area contributed by atoms with Crippen LogP contribution in [0.1, 0.15) is 12.8 Å². The Labute approximate surface area is 138 Å². The zero-order valence-corrected chi connectivity index (χ0v) is 14.0. The second-order valence-electron chi connectivity index (χ2n) is 5.75. The molecule has 4 nitrogen and oxygen atoms in total. The number of rotatable bonds is 4. The molecule has 0 radical (unpaired) electrons. The smallest absolute Gasteiger partial charge is 0.232 e. The lowest BCUT2D eigenvalue weighted by atomic mass is 9.95. The number of carbonyl (C=O) groups excluding carboxylic acids is 2. The summed E-state index contributed by atoms with van der Waals surface area (Å²) < 4.78 is 26.4. The molecule has 1 aromatic rings. The van der Waals surface area contributed by atoms with Crippen molar-refractivity contribution in [1.82, 2.24) is 9.80 Å². The van der Waals surface area contributed by atoms with Gasteiger partial charge in [-0.15, -0.1) is 11.8 Å². The van der Waals surface area contributed by atoms with E-state index in [0.717, 1.165) is 17.8 Å². The highest BCUT2D eigenvalue weighted by molar-refractivity contribution is 8.00. The second kappa shape index (κ2) is 7.77. The van der Waals surface area contributed by atoms with Crippen LogP contribution in [-0.2, 0) is 9.59 Å². The Morgan fingerprint density at radius 1 is 1.26 bits per heavy atom. The maximum Gasteiger partial charge on any atom is 0.232 e. The standard InChI is InChI=1S/C16H20F2N2O2S/c1-19(2)16(22)11-5-7-20(8-6-11)15(21)10-23-14-4-3-12(17)9-13(14)18/h3-4,9,11H,5-8,10H2,1-2H3. The lowest BCUT2D eigenvalue weighted by Crippen LogP contribution is -2.43. The van der Waals surface area contributed by atoms with E-state index in [2.05, 4.69) is 0 Å². The zero-order chi connectivity index (χ0) is 17.0. The first-order chi connectivity index (χ1) is 10.9. The van der Waals surface area contributed by atoms with Crippen LogP contribution in [0.2, 0.25) is 0 Å². The van der Waals surface area contributed by atoms with Crippen molar-refractivity contribution in [2.24, 2.45) is 5.92 Å². The number of hydrogen-bond donors (Lipinski definition) is 0. The molecule has 1 heterocycles. The Balaban J connectivity index is 1.82. The van der Waals surface area contributed by atoms with Gasteiger partial charge in [-0.2, -0.15) is 0 Å². The van der Waals surface area contributed by atoms with Gasteiger partial charge < -0.3 is 9.80 Å². The van der Waals surface area contributed by atoms with Gasteiger partial charge in [-0.25, -0.2) is 8.78 Å². The number of thioether (sulfide) groups is 1. The molecule has 0 unspecified atom stereocenters. The summed E-state index contributed by atoms with van der Waals surface area (Å²) in [7, 11) is 3.46. The third-order valence-electron chi connectivity index (χ3n) is 3.88. The van der Waals surface area contributed by atoms with Gasteiger partial charge >= 0.3 is 0 Å². The molecule has 2 amide bonds. The predicted molar refractivity (Wildman–Crippen MR) is 85.1 cm³/mol. The molecule has 7 heteroatoms. The molecular weight excluding hydrogens is 322 g/mol. The first-order valence-corrected chi connectivity index (χ1v) is 8.44. The van der Waals surface area contributed by atoms with Crippen LogP contribution in [0.4, 0.5) is 8.78 Å². The van der Waals surface area contributed by atoms with Gasteiger partial charge in [-0.3, -0.25) is 9.59 Å². The molecule has 1 aromatic carbocycles. The highest BCUT2D eigenvalue weighted by Crippen LogP contribution is 2.24. The van der Waals surface area contributed by atoms with Crippen molar-refractivity contribution in [3.63, 3.8) is 0 Å². The number of carbonyl (C=O) groups is 2. The molecule has 1 aliphatic heterocycles. The van der Waals surface area contributed by atoms with Gasteiger partial charge in [-0.1, -0.05) is 0 Å². The molecule has 0 bridgehead atoms. The fourth-order valence-electron chi connectivity index (χ4n) is 2.56. The van der Waals surface area contributed by atoms with Crippen molar-refractivity contribution in [3.8, 4) is 0 Å². The SMILES string of the molecule is CN(C)C(=O)C1CCN(C(=O)CSc2ccc(F)cc2F)CC1. The van der Waals surface area contributed by atoms with Crippen molar-refractivity contribution < 1.29 is 18.4 Å². The van der Waals surface area contributed by atoms with Gasteiger partial charge in [0.05, 0.1) is 5.75 Å². The minimum absolute atomic E-state index is 0.0313. The zero-order valence-electron chi connectivity index (χ0n) is 13.2. The Bertz CT molecular complexity index is 587. The van der Waals surface area contributed by atoms with Crippen LogP contribution in [-0.4, -0.2) is 54.6 Å². The Morgan fingerprint density at radius 3 is 2.48 bits per heavy atom. The summed E-state index contributed by atoms with van der Waals surface area (Å²) in [5.74, 6) is -1.20. The third-order valence-corrected chi connectivity index (χ3v) is 4.92. The molecule has 0 saturated carbocycles. The normalized spacial score (nSPS) is 15.6. The number of likely N-dealkylation sites (tertiary alicyclic amines) is 1. The van der Waals surface area contributed by atoms with E-state index in [-0.39, 0.29) is 28.4 Å². The molecule has 2 rings (SSSR count). The quantitative estimate of drug-likeness (QED) is 0.789. The van der Waals surface area contributed by atoms with Gasteiger partial charge in [0.1, 0.15) is 11.6 Å². The van der Waals surface area contributed by atoms with Crippen LogP contribution >= 0.6 is 11.8 Å². The van der Waals surface area contributed by atoms with Gasteiger partial charge in [0.15, 0.2) is 0 Å². The third kappa shape index (κ3) is 4.67. The van der Waals surface area contributed by atoms with Crippen LogP contribution in [0, 0.1) is 17.6 Å². The van der Waals surface area contributed by atoms with Crippen LogP contribution in [0.25, 0.3) is 0 Å². The lowest BCUT2D eigenvalue weighted by molar-refractivity contribution is -0.138. The van der Waals surface area contributed by atoms with Crippen molar-refractivity contribution in [3.05, 3.63) is 29.8 Å². The first kappa shape index (κ1) is 17.7. The van der Waals surface area contributed by atoms with Crippen molar-refractivity contribution >= 4 is 23.6 Å². The maximum atomic E-state index is 13.5. The van der Waals surface area contributed by atoms with E-state index in [4.69, 9.17) is 0 Å². The van der Waals surface area contributed by atoms with Crippen LogP contribution < -0.4 is 0 Å². The van der Waals surface area contributed by atoms with Crippen molar-refractivity contribution in [2.45, 2.75) is 17.7 Å². The maximum absolute atomic E-state index is 13.5. The molecule has 23 heavy (non-hydrogen) atoms. The molecule has 0 aliphatic carbocycles. The summed E-state index contributed by atoms with van der Waals surface area (Å²) in [6.45, 7) is 1.07. The molecule has 0 atom stereocenters. The highest BCUT2D eigenvalue weighted by Gasteiger charge is 2.28. The summed E-state index contributed by atoms with van der Waals surface area (Å²) >= 11 is 1.06. The molecule has 1 saturated heterocycles. The number of halogens is 2. The van der Waals surface area contributed by atoms with Gasteiger partial charge in [0, 0.05) is 44.1 Å². The number of piperidine rings is 1. The van der Waals surface area contributed by atoms with E-state index in [1.54, 1.807) is 23.9 Å². The molecule has 1 fully saturated rings. The Kier molecular flexibility index (Phi) is 5.98. The van der Waals surface area contributed by atoms with Gasteiger partial charge in [0.2, 0.25) is 11.8 Å². The predicted octanol–water partition coefficient (Wildman–Crippen LogP) is 2.38. The monoisotopic (exact) mass is 342 g/mol. The highest BCUT2D eigenvalue weighted by atomic mass is 32.2.